The molecule has 1 amide bonds. The Labute approximate surface area is 168 Å². The Hall–Kier alpha value is -2.63. The van der Waals surface area contributed by atoms with Gasteiger partial charge in [-0.15, -0.1) is 0 Å². The summed E-state index contributed by atoms with van der Waals surface area (Å²) in [5.41, 5.74) is 4.75. The topological polar surface area (TPSA) is 65.2 Å². The second-order valence-electron chi connectivity index (χ2n) is 7.32. The Bertz CT molecular complexity index is 1090. The van der Waals surface area contributed by atoms with Crippen LogP contribution in [-0.4, -0.2) is 28.9 Å². The van der Waals surface area contributed by atoms with Gasteiger partial charge in [0, 0.05) is 53.2 Å². The number of H-pyrrole nitrogens is 1. The first kappa shape index (κ1) is 18.7. The molecule has 0 unspecified atom stereocenters. The average molecular weight is 396 g/mol. The molecule has 0 atom stereocenters. The lowest BCUT2D eigenvalue weighted by Crippen LogP contribution is -2.41. The summed E-state index contributed by atoms with van der Waals surface area (Å²) < 4.78 is 0. The van der Waals surface area contributed by atoms with Crippen LogP contribution in [0, 0.1) is 6.92 Å². The van der Waals surface area contributed by atoms with Crippen molar-refractivity contribution >= 4 is 28.4 Å². The SMILES string of the molecule is Cc1ccc(CNC(=O)CN2CCc3[nH]c4ccc(Cl)cc4c(=O)c3C2)cc1. The van der Waals surface area contributed by atoms with Gasteiger partial charge in [0.2, 0.25) is 5.91 Å². The fourth-order valence-corrected chi connectivity index (χ4v) is 3.78. The zero-order valence-electron chi connectivity index (χ0n) is 15.7. The molecule has 0 spiro atoms. The predicted octanol–water partition coefficient (Wildman–Crippen LogP) is 3.16. The van der Waals surface area contributed by atoms with Crippen molar-refractivity contribution in [3.8, 4) is 0 Å². The maximum atomic E-state index is 12.9. The van der Waals surface area contributed by atoms with Gasteiger partial charge in [0.1, 0.15) is 0 Å². The molecule has 1 aliphatic rings. The maximum absolute atomic E-state index is 12.9. The van der Waals surface area contributed by atoms with Crippen molar-refractivity contribution in [2.24, 2.45) is 0 Å². The van der Waals surface area contributed by atoms with Crippen molar-refractivity contribution in [2.75, 3.05) is 13.1 Å². The summed E-state index contributed by atoms with van der Waals surface area (Å²) in [4.78, 5) is 30.6. The molecule has 0 saturated heterocycles. The van der Waals surface area contributed by atoms with Gasteiger partial charge in [-0.05, 0) is 30.7 Å². The highest BCUT2D eigenvalue weighted by molar-refractivity contribution is 6.31. The quantitative estimate of drug-likeness (QED) is 0.713. The Morgan fingerprint density at radius 3 is 2.79 bits per heavy atom. The number of carbonyl (C=O) groups is 1. The molecule has 1 aromatic heterocycles. The van der Waals surface area contributed by atoms with E-state index in [9.17, 15) is 9.59 Å². The van der Waals surface area contributed by atoms with Crippen LogP contribution in [0.25, 0.3) is 10.9 Å². The molecule has 0 fully saturated rings. The molecule has 0 saturated carbocycles. The summed E-state index contributed by atoms with van der Waals surface area (Å²) in [5, 5.41) is 4.09. The van der Waals surface area contributed by atoms with E-state index >= 15 is 0 Å². The molecule has 2 heterocycles. The molecule has 2 N–H and O–H groups in total. The van der Waals surface area contributed by atoms with Crippen LogP contribution >= 0.6 is 11.6 Å². The van der Waals surface area contributed by atoms with E-state index in [-0.39, 0.29) is 17.9 Å². The first-order valence-electron chi connectivity index (χ1n) is 9.37. The normalized spacial score (nSPS) is 14.1. The van der Waals surface area contributed by atoms with Crippen molar-refractivity contribution in [3.05, 3.63) is 80.1 Å². The Kier molecular flexibility index (Phi) is 5.20. The standard InChI is InChI=1S/C22H22ClN3O2/c1-14-2-4-15(5-3-14)11-24-21(27)13-26-9-8-20-18(12-26)22(28)17-10-16(23)6-7-19(17)25-20/h2-7,10H,8-9,11-13H2,1H3,(H,24,27)(H,25,28). The van der Waals surface area contributed by atoms with Crippen molar-refractivity contribution in [1.29, 1.82) is 0 Å². The van der Waals surface area contributed by atoms with Crippen LogP contribution in [0.4, 0.5) is 0 Å². The van der Waals surface area contributed by atoms with Crippen molar-refractivity contribution in [3.63, 3.8) is 0 Å². The van der Waals surface area contributed by atoms with Crippen LogP contribution in [-0.2, 0) is 24.3 Å². The van der Waals surface area contributed by atoms with E-state index in [1.807, 2.05) is 42.2 Å². The molecule has 5 nitrogen and oxygen atoms in total. The fraction of sp³-hybridized carbons (Fsp3) is 0.273. The summed E-state index contributed by atoms with van der Waals surface area (Å²) in [6, 6.07) is 13.4. The number of aromatic amines is 1. The zero-order chi connectivity index (χ0) is 19.7. The van der Waals surface area contributed by atoms with Crippen LogP contribution in [0.3, 0.4) is 0 Å². The third-order valence-corrected chi connectivity index (χ3v) is 5.42. The number of nitrogens with one attached hydrogen (secondary N) is 2. The van der Waals surface area contributed by atoms with Gasteiger partial charge in [-0.1, -0.05) is 41.4 Å². The molecule has 0 radical (unpaired) electrons. The Balaban J connectivity index is 1.44. The van der Waals surface area contributed by atoms with Gasteiger partial charge in [-0.25, -0.2) is 0 Å². The number of nitrogens with zero attached hydrogens (tertiary/aromatic N) is 1. The van der Waals surface area contributed by atoms with Crippen LogP contribution in [0.5, 0.6) is 0 Å². The van der Waals surface area contributed by atoms with Gasteiger partial charge >= 0.3 is 0 Å². The van der Waals surface area contributed by atoms with E-state index in [0.29, 0.717) is 29.9 Å². The van der Waals surface area contributed by atoms with Crippen LogP contribution in [0.15, 0.2) is 47.3 Å². The molecule has 3 aromatic rings. The zero-order valence-corrected chi connectivity index (χ0v) is 16.5. The molecular weight excluding hydrogens is 374 g/mol. The van der Waals surface area contributed by atoms with Crippen LogP contribution in [0.1, 0.15) is 22.4 Å². The minimum Gasteiger partial charge on any atom is -0.358 e. The number of halogens is 1. The monoisotopic (exact) mass is 395 g/mol. The summed E-state index contributed by atoms with van der Waals surface area (Å²) in [5.74, 6) is -0.0377. The first-order valence-corrected chi connectivity index (χ1v) is 9.75. The number of pyridine rings is 1. The Morgan fingerprint density at radius 1 is 1.21 bits per heavy atom. The average Bonchev–Trinajstić information content (AvgIpc) is 2.69. The number of fused-ring (bicyclic) bond motifs is 2. The number of hydrogen-bond acceptors (Lipinski definition) is 3. The first-order chi connectivity index (χ1) is 13.5. The minimum absolute atomic E-state index is 0.00369. The van der Waals surface area contributed by atoms with E-state index in [0.717, 1.165) is 28.9 Å². The molecule has 4 rings (SSSR count). The predicted molar refractivity (Wildman–Crippen MR) is 112 cm³/mol. The number of amides is 1. The summed E-state index contributed by atoms with van der Waals surface area (Å²) in [6.07, 6.45) is 0.717. The molecule has 144 valence electrons. The summed E-state index contributed by atoms with van der Waals surface area (Å²) >= 11 is 6.05. The molecule has 2 aromatic carbocycles. The number of carbonyl (C=O) groups excluding carboxylic acids is 1. The summed E-state index contributed by atoms with van der Waals surface area (Å²) in [6.45, 7) is 4.02. The second kappa shape index (κ2) is 7.78. The highest BCUT2D eigenvalue weighted by atomic mass is 35.5. The lowest BCUT2D eigenvalue weighted by atomic mass is 10.0. The van der Waals surface area contributed by atoms with Crippen LogP contribution < -0.4 is 10.7 Å². The Morgan fingerprint density at radius 2 is 2.00 bits per heavy atom. The molecule has 28 heavy (non-hydrogen) atoms. The number of hydrogen-bond donors (Lipinski definition) is 2. The number of rotatable bonds is 4. The fourth-order valence-electron chi connectivity index (χ4n) is 3.60. The third-order valence-electron chi connectivity index (χ3n) is 5.19. The largest absolute Gasteiger partial charge is 0.358 e. The van der Waals surface area contributed by atoms with Gasteiger partial charge in [-0.2, -0.15) is 0 Å². The van der Waals surface area contributed by atoms with E-state index in [2.05, 4.69) is 10.3 Å². The van der Waals surface area contributed by atoms with E-state index < -0.39 is 0 Å². The van der Waals surface area contributed by atoms with Gasteiger partial charge in [0.25, 0.3) is 0 Å². The number of aromatic nitrogens is 1. The van der Waals surface area contributed by atoms with Crippen molar-refractivity contribution in [1.82, 2.24) is 15.2 Å². The van der Waals surface area contributed by atoms with E-state index in [1.54, 1.807) is 12.1 Å². The number of aryl methyl sites for hydroxylation is 1. The summed E-state index contributed by atoms with van der Waals surface area (Å²) in [7, 11) is 0. The van der Waals surface area contributed by atoms with Crippen molar-refractivity contribution in [2.45, 2.75) is 26.4 Å². The third kappa shape index (κ3) is 3.96. The molecule has 0 bridgehead atoms. The van der Waals surface area contributed by atoms with Gasteiger partial charge in [-0.3, -0.25) is 14.5 Å². The number of benzene rings is 2. The molecule has 1 aliphatic heterocycles. The van der Waals surface area contributed by atoms with Gasteiger partial charge in [0.05, 0.1) is 6.54 Å². The molecular formula is C22H22ClN3O2. The smallest absolute Gasteiger partial charge is 0.234 e. The molecule has 0 aliphatic carbocycles. The van der Waals surface area contributed by atoms with Gasteiger partial charge in [0.15, 0.2) is 5.43 Å². The van der Waals surface area contributed by atoms with E-state index in [1.165, 1.54) is 5.56 Å². The minimum atomic E-state index is -0.0377. The molecule has 6 heteroatoms. The van der Waals surface area contributed by atoms with E-state index in [4.69, 9.17) is 11.6 Å². The highest BCUT2D eigenvalue weighted by Gasteiger charge is 2.22. The van der Waals surface area contributed by atoms with Crippen molar-refractivity contribution < 1.29 is 4.79 Å². The maximum Gasteiger partial charge on any atom is 0.234 e. The second-order valence-corrected chi connectivity index (χ2v) is 7.76. The highest BCUT2D eigenvalue weighted by Crippen LogP contribution is 2.20. The lowest BCUT2D eigenvalue weighted by Gasteiger charge is -2.27. The van der Waals surface area contributed by atoms with Crippen LogP contribution in [0.2, 0.25) is 5.02 Å². The van der Waals surface area contributed by atoms with Gasteiger partial charge < -0.3 is 10.3 Å². The lowest BCUT2D eigenvalue weighted by molar-refractivity contribution is -0.122.